The number of ether oxygens (including phenoxy) is 1. The van der Waals surface area contributed by atoms with Crippen molar-refractivity contribution in [1.82, 2.24) is 10.2 Å². The van der Waals surface area contributed by atoms with Crippen LogP contribution in [0.5, 0.6) is 5.75 Å². The molecule has 1 saturated heterocycles. The smallest absolute Gasteiger partial charge is 0.408 e. The summed E-state index contributed by atoms with van der Waals surface area (Å²) in [5, 5.41) is 11.9. The summed E-state index contributed by atoms with van der Waals surface area (Å²) in [4.78, 5) is 26.5. The summed E-state index contributed by atoms with van der Waals surface area (Å²) in [5.41, 5.74) is -0.457. The summed E-state index contributed by atoms with van der Waals surface area (Å²) in [6.07, 6.45) is 1.10. The number of rotatable bonds is 4. The van der Waals surface area contributed by atoms with Crippen molar-refractivity contribution < 1.29 is 23.8 Å². The molecule has 138 valence electrons. The number of phenolic OH excluding ortho intramolecular Hbond substituents is 1. The van der Waals surface area contributed by atoms with Crippen LogP contribution >= 0.6 is 0 Å². The molecule has 1 aliphatic heterocycles. The van der Waals surface area contributed by atoms with E-state index in [0.29, 0.717) is 13.1 Å². The van der Waals surface area contributed by atoms with Crippen LogP contribution in [0, 0.1) is 5.82 Å². The first-order valence-corrected chi connectivity index (χ1v) is 8.41. The van der Waals surface area contributed by atoms with Crippen LogP contribution < -0.4 is 5.32 Å². The van der Waals surface area contributed by atoms with Crippen LogP contribution in [-0.4, -0.2) is 46.7 Å². The van der Waals surface area contributed by atoms with Gasteiger partial charge in [-0.15, -0.1) is 0 Å². The molecule has 0 radical (unpaired) electrons. The summed E-state index contributed by atoms with van der Waals surface area (Å²) in [6.45, 7) is 6.43. The minimum Gasteiger partial charge on any atom is -0.508 e. The number of hydrogen-bond acceptors (Lipinski definition) is 4. The van der Waals surface area contributed by atoms with Crippen LogP contribution in [0.4, 0.5) is 9.18 Å². The van der Waals surface area contributed by atoms with Crippen LogP contribution in [0.2, 0.25) is 0 Å². The molecule has 1 atom stereocenters. The van der Waals surface area contributed by atoms with E-state index in [-0.39, 0.29) is 23.6 Å². The van der Waals surface area contributed by atoms with Crippen molar-refractivity contribution in [2.75, 3.05) is 13.1 Å². The Morgan fingerprint density at radius 3 is 2.52 bits per heavy atom. The van der Waals surface area contributed by atoms with E-state index in [1.165, 1.54) is 12.1 Å². The van der Waals surface area contributed by atoms with Crippen molar-refractivity contribution in [3.8, 4) is 5.75 Å². The molecule has 0 aromatic heterocycles. The number of carbonyl (C=O) groups is 2. The van der Waals surface area contributed by atoms with Crippen molar-refractivity contribution in [3.05, 3.63) is 29.6 Å². The van der Waals surface area contributed by atoms with Gasteiger partial charge in [0, 0.05) is 25.6 Å². The van der Waals surface area contributed by atoms with Crippen LogP contribution in [0.3, 0.4) is 0 Å². The maximum Gasteiger partial charge on any atom is 0.408 e. The normalized spacial score (nSPS) is 15.8. The summed E-state index contributed by atoms with van der Waals surface area (Å²) in [5.74, 6) is -1.06. The number of nitrogens with zero attached hydrogens (tertiary/aromatic N) is 1. The highest BCUT2D eigenvalue weighted by Gasteiger charge is 2.30. The van der Waals surface area contributed by atoms with Gasteiger partial charge in [-0.05, 0) is 45.2 Å². The Hall–Kier alpha value is -2.31. The maximum absolute atomic E-state index is 14.0. The van der Waals surface area contributed by atoms with Crippen molar-refractivity contribution in [2.24, 2.45) is 0 Å². The van der Waals surface area contributed by atoms with Crippen LogP contribution in [-0.2, 0) is 16.0 Å². The lowest BCUT2D eigenvalue weighted by molar-refractivity contribution is -0.132. The van der Waals surface area contributed by atoms with E-state index in [9.17, 15) is 19.1 Å². The lowest BCUT2D eigenvalue weighted by Gasteiger charge is -2.26. The molecule has 7 heteroatoms. The quantitative estimate of drug-likeness (QED) is 0.873. The predicted octanol–water partition coefficient (Wildman–Crippen LogP) is 2.59. The molecule has 2 amide bonds. The number of carbonyl (C=O) groups excluding carboxylic acids is 2. The number of likely N-dealkylation sites (tertiary alicyclic amines) is 1. The minimum absolute atomic E-state index is 0.0132. The lowest BCUT2D eigenvalue weighted by atomic mass is 10.0. The molecule has 1 aliphatic rings. The zero-order valence-electron chi connectivity index (χ0n) is 14.8. The molecule has 1 fully saturated rings. The van der Waals surface area contributed by atoms with E-state index in [0.717, 1.165) is 18.9 Å². The van der Waals surface area contributed by atoms with Crippen molar-refractivity contribution in [1.29, 1.82) is 0 Å². The van der Waals surface area contributed by atoms with Gasteiger partial charge < -0.3 is 20.1 Å². The van der Waals surface area contributed by atoms with Gasteiger partial charge in [0.25, 0.3) is 0 Å². The van der Waals surface area contributed by atoms with Gasteiger partial charge in [0.1, 0.15) is 23.2 Å². The standard InChI is InChI=1S/C18H25FN2O4/c1-18(2,3)25-17(24)20-15(16(23)21-8-4-5-9-21)10-12-6-7-13(22)11-14(12)19/h6-7,11,15,22H,4-5,8-10H2,1-3H3,(H,20,24)/t15-/m0/s1. The first-order chi connectivity index (χ1) is 11.7. The Balaban J connectivity index is 2.15. The average molecular weight is 352 g/mol. The Morgan fingerprint density at radius 1 is 1.32 bits per heavy atom. The summed E-state index contributed by atoms with van der Waals surface area (Å²) >= 11 is 0. The minimum atomic E-state index is -0.924. The van der Waals surface area contributed by atoms with Crippen molar-refractivity contribution in [2.45, 2.75) is 51.7 Å². The van der Waals surface area contributed by atoms with E-state index in [4.69, 9.17) is 4.74 Å². The summed E-state index contributed by atoms with van der Waals surface area (Å²) < 4.78 is 19.2. The van der Waals surface area contributed by atoms with Gasteiger partial charge in [0.2, 0.25) is 5.91 Å². The largest absolute Gasteiger partial charge is 0.508 e. The van der Waals surface area contributed by atoms with Crippen molar-refractivity contribution in [3.63, 3.8) is 0 Å². The third-order valence-corrected chi connectivity index (χ3v) is 3.87. The van der Waals surface area contributed by atoms with E-state index >= 15 is 0 Å². The molecule has 0 unspecified atom stereocenters. The number of hydrogen-bond donors (Lipinski definition) is 2. The predicted molar refractivity (Wildman–Crippen MR) is 90.7 cm³/mol. The molecular formula is C18H25FN2O4. The third-order valence-electron chi connectivity index (χ3n) is 3.87. The average Bonchev–Trinajstić information content (AvgIpc) is 3.00. The third kappa shape index (κ3) is 5.62. The highest BCUT2D eigenvalue weighted by Crippen LogP contribution is 2.18. The van der Waals surface area contributed by atoms with Gasteiger partial charge in [0.05, 0.1) is 0 Å². The highest BCUT2D eigenvalue weighted by molar-refractivity contribution is 5.86. The SMILES string of the molecule is CC(C)(C)OC(=O)N[C@@H](Cc1ccc(O)cc1F)C(=O)N1CCCC1. The molecule has 6 nitrogen and oxygen atoms in total. The maximum atomic E-state index is 14.0. The number of nitrogens with one attached hydrogen (secondary N) is 1. The van der Waals surface area contributed by atoms with Gasteiger partial charge >= 0.3 is 6.09 Å². The topological polar surface area (TPSA) is 78.9 Å². The summed E-state index contributed by atoms with van der Waals surface area (Å²) in [6, 6.07) is 2.82. The first kappa shape index (κ1) is 19.0. The zero-order valence-corrected chi connectivity index (χ0v) is 14.8. The molecule has 25 heavy (non-hydrogen) atoms. The Labute approximate surface area is 147 Å². The van der Waals surface area contributed by atoms with E-state index in [1.54, 1.807) is 25.7 Å². The molecular weight excluding hydrogens is 327 g/mol. The van der Waals surface area contributed by atoms with Crippen molar-refractivity contribution >= 4 is 12.0 Å². The zero-order chi connectivity index (χ0) is 18.6. The molecule has 0 aliphatic carbocycles. The fourth-order valence-corrected chi connectivity index (χ4v) is 2.73. The highest BCUT2D eigenvalue weighted by atomic mass is 19.1. The number of phenols is 1. The molecule has 0 spiro atoms. The fourth-order valence-electron chi connectivity index (χ4n) is 2.73. The molecule has 1 aromatic carbocycles. The number of amides is 2. The molecule has 2 N–H and O–H groups in total. The number of alkyl carbamates (subject to hydrolysis) is 1. The first-order valence-electron chi connectivity index (χ1n) is 8.41. The summed E-state index contributed by atoms with van der Waals surface area (Å²) in [7, 11) is 0. The molecule has 0 saturated carbocycles. The Bertz CT molecular complexity index is 636. The Kier molecular flexibility index (Phi) is 5.87. The van der Waals surface area contributed by atoms with E-state index in [2.05, 4.69) is 5.32 Å². The van der Waals surface area contributed by atoms with Crippen LogP contribution in [0.25, 0.3) is 0 Å². The molecule has 2 rings (SSSR count). The fraction of sp³-hybridized carbons (Fsp3) is 0.556. The van der Waals surface area contributed by atoms with Crippen LogP contribution in [0.15, 0.2) is 18.2 Å². The lowest BCUT2D eigenvalue weighted by Crippen LogP contribution is -2.50. The second kappa shape index (κ2) is 7.72. The number of halogens is 1. The van der Waals surface area contributed by atoms with Gasteiger partial charge in [-0.3, -0.25) is 4.79 Å². The second-order valence-electron chi connectivity index (χ2n) is 7.21. The number of benzene rings is 1. The van der Waals surface area contributed by atoms with Gasteiger partial charge in [-0.1, -0.05) is 6.07 Å². The van der Waals surface area contributed by atoms with E-state index < -0.39 is 23.6 Å². The van der Waals surface area contributed by atoms with Gasteiger partial charge in [0.15, 0.2) is 0 Å². The van der Waals surface area contributed by atoms with Gasteiger partial charge in [-0.2, -0.15) is 0 Å². The molecule has 0 bridgehead atoms. The van der Waals surface area contributed by atoms with E-state index in [1.807, 2.05) is 0 Å². The van der Waals surface area contributed by atoms with Crippen LogP contribution in [0.1, 0.15) is 39.2 Å². The Morgan fingerprint density at radius 2 is 1.96 bits per heavy atom. The molecule has 1 aromatic rings. The monoisotopic (exact) mass is 352 g/mol. The molecule has 1 heterocycles. The van der Waals surface area contributed by atoms with Gasteiger partial charge in [-0.25, -0.2) is 9.18 Å². The second-order valence-corrected chi connectivity index (χ2v) is 7.21. The number of aromatic hydroxyl groups is 1.